The molecule has 0 aliphatic heterocycles. The first kappa shape index (κ1) is 15.3. The number of hydrogen-bond donors (Lipinski definition) is 2. The SMILES string of the molecule is Cc1ccccc1CNC(=O)c1cc(NC(=O)C2CC2)n(C)n1. The second-order valence-electron chi connectivity index (χ2n) is 5.91. The van der Waals surface area contributed by atoms with Crippen molar-refractivity contribution in [3.8, 4) is 0 Å². The number of benzene rings is 1. The van der Waals surface area contributed by atoms with E-state index in [-0.39, 0.29) is 17.7 Å². The minimum Gasteiger partial charge on any atom is -0.347 e. The van der Waals surface area contributed by atoms with Gasteiger partial charge in [0.05, 0.1) is 0 Å². The Kier molecular flexibility index (Phi) is 4.14. The fourth-order valence-corrected chi connectivity index (χ4v) is 2.34. The fourth-order valence-electron chi connectivity index (χ4n) is 2.34. The molecule has 1 saturated carbocycles. The Morgan fingerprint density at radius 2 is 2.04 bits per heavy atom. The smallest absolute Gasteiger partial charge is 0.272 e. The third-order valence-electron chi connectivity index (χ3n) is 4.01. The van der Waals surface area contributed by atoms with Crippen LogP contribution in [0.3, 0.4) is 0 Å². The number of aromatic nitrogens is 2. The van der Waals surface area contributed by atoms with Crippen molar-refractivity contribution in [2.24, 2.45) is 13.0 Å². The fraction of sp³-hybridized carbons (Fsp3) is 0.353. The molecule has 1 aromatic carbocycles. The van der Waals surface area contributed by atoms with Crippen LogP contribution in [-0.4, -0.2) is 21.6 Å². The molecule has 1 aromatic heterocycles. The largest absolute Gasteiger partial charge is 0.347 e. The van der Waals surface area contributed by atoms with Gasteiger partial charge < -0.3 is 10.6 Å². The minimum atomic E-state index is -0.254. The molecule has 0 saturated heterocycles. The molecule has 2 aromatic rings. The Hall–Kier alpha value is -2.63. The summed E-state index contributed by atoms with van der Waals surface area (Å²) >= 11 is 0. The second kappa shape index (κ2) is 6.24. The van der Waals surface area contributed by atoms with Crippen molar-refractivity contribution < 1.29 is 9.59 Å². The Morgan fingerprint density at radius 3 is 2.74 bits per heavy atom. The number of hydrogen-bond acceptors (Lipinski definition) is 3. The van der Waals surface area contributed by atoms with Gasteiger partial charge in [-0.2, -0.15) is 5.10 Å². The van der Waals surface area contributed by atoms with Crippen LogP contribution in [0.1, 0.15) is 34.5 Å². The van der Waals surface area contributed by atoms with Crippen LogP contribution in [-0.2, 0) is 18.4 Å². The molecule has 1 aliphatic carbocycles. The zero-order chi connectivity index (χ0) is 16.4. The molecule has 0 atom stereocenters. The highest BCUT2D eigenvalue weighted by Crippen LogP contribution is 2.30. The summed E-state index contributed by atoms with van der Waals surface area (Å²) in [5, 5.41) is 9.84. The number of carbonyl (C=O) groups excluding carboxylic acids is 2. The van der Waals surface area contributed by atoms with Gasteiger partial charge in [0.25, 0.3) is 5.91 Å². The Bertz CT molecular complexity index is 747. The number of aryl methyl sites for hydroxylation is 2. The van der Waals surface area contributed by atoms with Crippen LogP contribution in [0.2, 0.25) is 0 Å². The van der Waals surface area contributed by atoms with Gasteiger partial charge in [-0.1, -0.05) is 24.3 Å². The van der Waals surface area contributed by atoms with E-state index in [2.05, 4.69) is 15.7 Å². The van der Waals surface area contributed by atoms with Crippen molar-refractivity contribution in [3.63, 3.8) is 0 Å². The van der Waals surface area contributed by atoms with Gasteiger partial charge in [0.15, 0.2) is 5.69 Å². The molecular weight excluding hydrogens is 292 g/mol. The van der Waals surface area contributed by atoms with Crippen molar-refractivity contribution in [2.45, 2.75) is 26.3 Å². The summed E-state index contributed by atoms with van der Waals surface area (Å²) in [5.41, 5.74) is 2.50. The average Bonchev–Trinajstić information content (AvgIpc) is 3.32. The molecule has 1 fully saturated rings. The standard InChI is InChI=1S/C17H20N4O2/c1-11-5-3-4-6-13(11)10-18-17(23)14-9-15(21(2)20-14)19-16(22)12-7-8-12/h3-6,9,12H,7-8,10H2,1-2H3,(H,18,23)(H,19,22). The predicted molar refractivity (Wildman–Crippen MR) is 86.9 cm³/mol. The van der Waals surface area contributed by atoms with Crippen LogP contribution >= 0.6 is 0 Å². The zero-order valence-electron chi connectivity index (χ0n) is 13.3. The van der Waals surface area contributed by atoms with E-state index in [1.165, 1.54) is 4.68 Å². The van der Waals surface area contributed by atoms with Crippen LogP contribution in [0.4, 0.5) is 5.82 Å². The summed E-state index contributed by atoms with van der Waals surface area (Å²) in [4.78, 5) is 24.0. The van der Waals surface area contributed by atoms with Gasteiger partial charge in [-0.3, -0.25) is 14.3 Å². The highest BCUT2D eigenvalue weighted by Gasteiger charge is 2.30. The monoisotopic (exact) mass is 312 g/mol. The molecule has 0 spiro atoms. The van der Waals surface area contributed by atoms with Crippen molar-refractivity contribution >= 4 is 17.6 Å². The Labute approximate surface area is 134 Å². The maximum atomic E-state index is 12.2. The van der Waals surface area contributed by atoms with Crippen molar-refractivity contribution in [2.75, 3.05) is 5.32 Å². The molecule has 120 valence electrons. The molecule has 1 heterocycles. The molecule has 6 heteroatoms. The van der Waals surface area contributed by atoms with E-state index < -0.39 is 0 Å². The van der Waals surface area contributed by atoms with E-state index in [1.54, 1.807) is 13.1 Å². The number of nitrogens with one attached hydrogen (secondary N) is 2. The molecule has 23 heavy (non-hydrogen) atoms. The highest BCUT2D eigenvalue weighted by atomic mass is 16.2. The quantitative estimate of drug-likeness (QED) is 0.886. The lowest BCUT2D eigenvalue weighted by Crippen LogP contribution is -2.23. The molecular formula is C17H20N4O2. The molecule has 2 N–H and O–H groups in total. The molecule has 1 aliphatic rings. The number of carbonyl (C=O) groups is 2. The molecule has 0 unspecified atom stereocenters. The van der Waals surface area contributed by atoms with Crippen LogP contribution in [0.15, 0.2) is 30.3 Å². The lowest BCUT2D eigenvalue weighted by atomic mass is 10.1. The van der Waals surface area contributed by atoms with Crippen LogP contribution in [0.25, 0.3) is 0 Å². The van der Waals surface area contributed by atoms with Crippen molar-refractivity contribution in [3.05, 3.63) is 47.2 Å². The minimum absolute atomic E-state index is 0.000122. The van der Waals surface area contributed by atoms with Gasteiger partial charge in [-0.25, -0.2) is 0 Å². The summed E-state index contributed by atoms with van der Waals surface area (Å²) in [6.07, 6.45) is 1.88. The number of rotatable bonds is 5. The first-order valence-electron chi connectivity index (χ1n) is 7.72. The van der Waals surface area contributed by atoms with E-state index in [0.717, 1.165) is 24.0 Å². The highest BCUT2D eigenvalue weighted by molar-refractivity contribution is 5.96. The van der Waals surface area contributed by atoms with Crippen molar-refractivity contribution in [1.82, 2.24) is 15.1 Å². The summed E-state index contributed by atoms with van der Waals surface area (Å²) in [7, 11) is 1.71. The molecule has 3 rings (SSSR count). The van der Waals surface area contributed by atoms with Crippen LogP contribution < -0.4 is 10.6 Å². The first-order valence-corrected chi connectivity index (χ1v) is 7.72. The average molecular weight is 312 g/mol. The Balaban J connectivity index is 1.63. The topological polar surface area (TPSA) is 76.0 Å². The summed E-state index contributed by atoms with van der Waals surface area (Å²) in [6.45, 7) is 2.46. The van der Waals surface area contributed by atoms with E-state index >= 15 is 0 Å². The maximum absolute atomic E-state index is 12.2. The number of anilines is 1. The number of nitrogens with zero attached hydrogens (tertiary/aromatic N) is 2. The van der Waals surface area contributed by atoms with Gasteiger partial charge in [0.1, 0.15) is 5.82 Å². The third-order valence-corrected chi connectivity index (χ3v) is 4.01. The third kappa shape index (κ3) is 3.59. The van der Waals surface area contributed by atoms with E-state index in [9.17, 15) is 9.59 Å². The normalized spacial score (nSPS) is 13.7. The summed E-state index contributed by atoms with van der Waals surface area (Å²) < 4.78 is 1.52. The lowest BCUT2D eigenvalue weighted by Gasteiger charge is -2.06. The molecule has 0 radical (unpaired) electrons. The van der Waals surface area contributed by atoms with Gasteiger partial charge >= 0.3 is 0 Å². The summed E-state index contributed by atoms with van der Waals surface area (Å²) in [6, 6.07) is 9.51. The molecule has 0 bridgehead atoms. The second-order valence-corrected chi connectivity index (χ2v) is 5.91. The van der Waals surface area contributed by atoms with Gasteiger partial charge in [0, 0.05) is 25.6 Å². The number of amides is 2. The van der Waals surface area contributed by atoms with Gasteiger partial charge in [-0.05, 0) is 30.9 Å². The van der Waals surface area contributed by atoms with Gasteiger partial charge in [0.2, 0.25) is 5.91 Å². The van der Waals surface area contributed by atoms with Crippen molar-refractivity contribution in [1.29, 1.82) is 0 Å². The van der Waals surface area contributed by atoms with Crippen LogP contribution in [0, 0.1) is 12.8 Å². The van der Waals surface area contributed by atoms with Gasteiger partial charge in [-0.15, -0.1) is 0 Å². The van der Waals surface area contributed by atoms with E-state index in [0.29, 0.717) is 18.1 Å². The first-order chi connectivity index (χ1) is 11.0. The lowest BCUT2D eigenvalue weighted by molar-refractivity contribution is -0.117. The van der Waals surface area contributed by atoms with E-state index in [1.807, 2.05) is 31.2 Å². The molecule has 2 amide bonds. The summed E-state index contributed by atoms with van der Waals surface area (Å²) in [5.74, 6) is 0.404. The zero-order valence-corrected chi connectivity index (χ0v) is 13.3. The molecule has 6 nitrogen and oxygen atoms in total. The van der Waals surface area contributed by atoms with Crippen LogP contribution in [0.5, 0.6) is 0 Å². The predicted octanol–water partition coefficient (Wildman–Crippen LogP) is 2.01. The maximum Gasteiger partial charge on any atom is 0.272 e. The van der Waals surface area contributed by atoms with E-state index in [4.69, 9.17) is 0 Å². The Morgan fingerprint density at radius 1 is 1.30 bits per heavy atom.